The van der Waals surface area contributed by atoms with E-state index in [9.17, 15) is 29.1 Å². The van der Waals surface area contributed by atoms with E-state index in [1.165, 1.54) is 53.5 Å². The number of ketones is 2. The summed E-state index contributed by atoms with van der Waals surface area (Å²) in [6, 6.07) is 7.15. The lowest BCUT2D eigenvalue weighted by molar-refractivity contribution is -0.298. The number of imidazole rings is 1. The molecule has 1 aromatic carbocycles. The fourth-order valence-electron chi connectivity index (χ4n) is 8.16. The molecule has 2 aliphatic heterocycles. The van der Waals surface area contributed by atoms with Gasteiger partial charge in [0.2, 0.25) is 5.60 Å². The molecule has 1 aromatic heterocycles. The van der Waals surface area contributed by atoms with Crippen LogP contribution >= 0.6 is 0 Å². The zero-order valence-electron chi connectivity index (χ0n) is 35.9. The van der Waals surface area contributed by atoms with E-state index >= 15 is 0 Å². The number of Topliss-reactive ketones (excluding diaryl/α,β-unsaturated/α-hetero) is 2. The highest BCUT2D eigenvalue weighted by Gasteiger charge is 2.52. The number of terminal acetylenes is 1. The Morgan fingerprint density at radius 1 is 1.12 bits per heavy atom. The van der Waals surface area contributed by atoms with Gasteiger partial charge in [0.15, 0.2) is 24.0 Å². The van der Waals surface area contributed by atoms with Gasteiger partial charge in [-0.25, -0.2) is 14.3 Å². The number of aromatic nitrogens is 2. The lowest BCUT2D eigenvalue weighted by atomic mass is 9.76. The molecule has 0 aliphatic carbocycles. The normalized spacial score (nSPS) is 33.7. The fourth-order valence-corrected chi connectivity index (χ4v) is 8.16. The van der Waals surface area contributed by atoms with E-state index in [0.29, 0.717) is 13.0 Å². The molecule has 1 fully saturated rings. The van der Waals surface area contributed by atoms with Crippen LogP contribution in [0.4, 0.5) is 4.79 Å². The van der Waals surface area contributed by atoms with Gasteiger partial charge in [-0.3, -0.25) is 24.1 Å². The van der Waals surface area contributed by atoms with Crippen molar-refractivity contribution in [1.82, 2.24) is 14.5 Å². The number of rotatable bonds is 9. The van der Waals surface area contributed by atoms with Crippen LogP contribution in [0.1, 0.15) is 92.7 Å². The van der Waals surface area contributed by atoms with Gasteiger partial charge in [0.05, 0.1) is 23.9 Å². The maximum absolute atomic E-state index is 14.5. The van der Waals surface area contributed by atoms with E-state index in [1.54, 1.807) is 27.7 Å². The van der Waals surface area contributed by atoms with Gasteiger partial charge in [-0.15, -0.1) is 6.42 Å². The second-order valence-electron chi connectivity index (χ2n) is 16.2. The summed E-state index contributed by atoms with van der Waals surface area (Å²) in [5.74, 6) is -4.01. The van der Waals surface area contributed by atoms with Crippen LogP contribution in [0.15, 0.2) is 54.3 Å². The number of carbonyl (C=O) groups excluding carboxylic acids is 5. The van der Waals surface area contributed by atoms with Crippen LogP contribution in [0, 0.1) is 30.1 Å². The van der Waals surface area contributed by atoms with Crippen molar-refractivity contribution in [2.24, 2.45) is 17.8 Å². The minimum Gasteiger partial charge on any atom is -0.507 e. The van der Waals surface area contributed by atoms with E-state index in [1.807, 2.05) is 43.1 Å². The summed E-state index contributed by atoms with van der Waals surface area (Å²) in [7, 11) is 3.32. The number of hydrogen-bond donors (Lipinski definition) is 1. The van der Waals surface area contributed by atoms with Crippen molar-refractivity contribution >= 4 is 29.6 Å². The summed E-state index contributed by atoms with van der Waals surface area (Å²) in [4.78, 5) is 74.5. The predicted molar refractivity (Wildman–Crippen MR) is 215 cm³/mol. The molecule has 1 N–H and O–H groups in total. The van der Waals surface area contributed by atoms with Crippen molar-refractivity contribution < 1.29 is 57.5 Å². The largest absolute Gasteiger partial charge is 0.507 e. The molecule has 0 unspecified atom stereocenters. The molecule has 0 radical (unpaired) electrons. The van der Waals surface area contributed by atoms with Crippen molar-refractivity contribution in [3.8, 4) is 12.3 Å². The topological polar surface area (TPSA) is 182 Å². The molecule has 2 aromatic rings. The summed E-state index contributed by atoms with van der Waals surface area (Å²) in [6.45, 7) is 14.3. The molecular formula is C44H59N3O12. The van der Waals surface area contributed by atoms with Crippen LogP contribution in [0.5, 0.6) is 0 Å². The van der Waals surface area contributed by atoms with E-state index in [2.05, 4.69) is 10.9 Å². The number of methoxy groups -OCH3 is 1. The number of likely N-dealkylation sites (N-methyl/N-ethyl adjacent to an activating group) is 1. The molecule has 0 amide bonds. The van der Waals surface area contributed by atoms with E-state index in [4.69, 9.17) is 34.8 Å². The molecule has 3 heterocycles. The molecule has 4 rings (SSSR count). The lowest BCUT2D eigenvalue weighted by Gasteiger charge is -2.48. The van der Waals surface area contributed by atoms with Crippen LogP contribution in [0.3, 0.4) is 0 Å². The highest BCUT2D eigenvalue weighted by atomic mass is 16.7. The van der Waals surface area contributed by atoms with Gasteiger partial charge in [-0.05, 0) is 78.6 Å². The Balaban J connectivity index is 1.78. The molecular weight excluding hydrogens is 762 g/mol. The summed E-state index contributed by atoms with van der Waals surface area (Å²) in [5, 5.41) is 11.8. The predicted octanol–water partition coefficient (Wildman–Crippen LogP) is 5.57. The number of benzene rings is 1. The third-order valence-electron chi connectivity index (χ3n) is 11.7. The highest BCUT2D eigenvalue weighted by Crippen LogP contribution is 2.39. The molecule has 0 spiro atoms. The standard InChI is InChI=1S/C44H59N3O12/c1-13-31-15-17-32(18-16-31)23-46(11)33-21-26(4)55-41(37(33)56-30(8)48)58-39-28(6)36(50)29(7)40(52)57-34(14-2)44(10,59-42(53)47-20-19-45-24-47)38(51)27(5)35(49)25(3)22-43(39,9)54-12/h1,15-20,24-26,28-29,33-34,37,39,41,51H,14,21-23H2,2-12H3/b38-27-/t25-,26-,28+,29-,33+,34-,37+,39-,41+,43-,44-/m1/s1. The van der Waals surface area contributed by atoms with Gasteiger partial charge in [0, 0.05) is 55.9 Å². The molecule has 15 nitrogen and oxygen atoms in total. The molecule has 11 atom stereocenters. The van der Waals surface area contributed by atoms with Crippen LogP contribution in [0.2, 0.25) is 0 Å². The smallest absolute Gasteiger partial charge is 0.420 e. The first kappa shape index (κ1) is 46.8. The van der Waals surface area contributed by atoms with Crippen molar-refractivity contribution in [2.75, 3.05) is 14.2 Å². The van der Waals surface area contributed by atoms with Gasteiger partial charge in [-0.1, -0.05) is 38.8 Å². The van der Waals surface area contributed by atoms with Gasteiger partial charge >= 0.3 is 18.0 Å². The average molecular weight is 822 g/mol. The van der Waals surface area contributed by atoms with Gasteiger partial charge in [0.25, 0.3) is 0 Å². The minimum absolute atomic E-state index is 0.0189. The minimum atomic E-state index is -2.06. The summed E-state index contributed by atoms with van der Waals surface area (Å²) in [6.07, 6.45) is 3.81. The number of allylic oxidation sites excluding steroid dienone is 1. The third-order valence-corrected chi connectivity index (χ3v) is 11.7. The number of aliphatic hydroxyl groups is 1. The fraction of sp³-hybridized carbons (Fsp3) is 0.591. The Hall–Kier alpha value is -4.88. The summed E-state index contributed by atoms with van der Waals surface area (Å²) >= 11 is 0. The van der Waals surface area contributed by atoms with Gasteiger partial charge in [-0.2, -0.15) is 0 Å². The second kappa shape index (κ2) is 19.5. The number of aliphatic hydroxyl groups excluding tert-OH is 1. The zero-order valence-corrected chi connectivity index (χ0v) is 35.9. The molecule has 0 saturated carbocycles. The summed E-state index contributed by atoms with van der Waals surface area (Å²) in [5.41, 5.74) is -1.92. The van der Waals surface area contributed by atoms with Crippen molar-refractivity contribution in [3.05, 3.63) is 65.4 Å². The maximum atomic E-state index is 14.5. The Morgan fingerprint density at radius 2 is 1.78 bits per heavy atom. The van der Waals surface area contributed by atoms with E-state index in [-0.39, 0.29) is 18.4 Å². The molecule has 59 heavy (non-hydrogen) atoms. The van der Waals surface area contributed by atoms with Crippen LogP contribution in [0.25, 0.3) is 0 Å². The van der Waals surface area contributed by atoms with Crippen molar-refractivity contribution in [1.29, 1.82) is 0 Å². The number of carbonyl (C=O) groups is 5. The average Bonchev–Trinajstić information content (AvgIpc) is 3.76. The number of hydrogen-bond acceptors (Lipinski definition) is 14. The molecule has 322 valence electrons. The Bertz CT molecular complexity index is 1910. The van der Waals surface area contributed by atoms with Crippen molar-refractivity contribution in [3.63, 3.8) is 0 Å². The molecule has 2 aliphatic rings. The first-order chi connectivity index (χ1) is 27.7. The quantitative estimate of drug-likeness (QED) is 0.143. The van der Waals surface area contributed by atoms with Crippen LogP contribution < -0.4 is 0 Å². The lowest BCUT2D eigenvalue weighted by Crippen LogP contribution is -2.60. The Kier molecular flexibility index (Phi) is 15.4. The van der Waals surface area contributed by atoms with Gasteiger partial charge < -0.3 is 33.5 Å². The third kappa shape index (κ3) is 10.5. The van der Waals surface area contributed by atoms with Crippen LogP contribution in [-0.2, 0) is 54.1 Å². The number of nitrogens with zero attached hydrogens (tertiary/aromatic N) is 3. The van der Waals surface area contributed by atoms with Crippen LogP contribution in [-0.4, -0.2) is 111 Å². The zero-order chi connectivity index (χ0) is 44.0. The number of ether oxygens (including phenoxy) is 6. The van der Waals surface area contributed by atoms with E-state index in [0.717, 1.165) is 15.7 Å². The number of cyclic esters (lactones) is 1. The SMILES string of the molecule is C#Cc1ccc(CN(C)[C@H]2C[C@@H](C)O[C@@H](O[C@@H]3[C@@H](C)C(=O)[C@@H](C)C(=O)O[C@H](CC)[C@@](C)(OC(=O)n4ccnc4)/C(O)=C(\C)C(=O)[C@H](C)C[C@@]3(C)OC)[C@H]2OC(C)=O)cc1. The Morgan fingerprint density at radius 3 is 2.34 bits per heavy atom. The van der Waals surface area contributed by atoms with Crippen molar-refractivity contribution in [2.45, 2.75) is 136 Å². The molecule has 15 heteroatoms. The highest BCUT2D eigenvalue weighted by molar-refractivity contribution is 6.00. The first-order valence-electron chi connectivity index (χ1n) is 19.9. The van der Waals surface area contributed by atoms with E-state index < -0.39 is 101 Å². The second-order valence-corrected chi connectivity index (χ2v) is 16.2. The monoisotopic (exact) mass is 821 g/mol. The Labute approximate surface area is 346 Å². The molecule has 1 saturated heterocycles. The summed E-state index contributed by atoms with van der Waals surface area (Å²) < 4.78 is 38.0. The molecule has 0 bridgehead atoms. The maximum Gasteiger partial charge on any atom is 0.420 e. The number of esters is 2. The first-order valence-corrected chi connectivity index (χ1v) is 19.9. The van der Waals surface area contributed by atoms with Gasteiger partial charge in [0.1, 0.15) is 24.1 Å².